The molecule has 0 unspecified atom stereocenters. The molecule has 5 heteroatoms. The van der Waals surface area contributed by atoms with Crippen LogP contribution in [0.15, 0.2) is 40.8 Å². The average molecular weight is 399 g/mol. The van der Waals surface area contributed by atoms with E-state index in [4.69, 9.17) is 4.42 Å². The third-order valence-electron chi connectivity index (χ3n) is 6.32. The van der Waals surface area contributed by atoms with E-state index < -0.39 is 0 Å². The van der Waals surface area contributed by atoms with E-state index >= 15 is 0 Å². The molecule has 0 aliphatic carbocycles. The highest BCUT2D eigenvalue weighted by Crippen LogP contribution is 2.26. The van der Waals surface area contributed by atoms with Gasteiger partial charge >= 0.3 is 0 Å². The molecule has 4 rings (SSSR count). The number of piperidine rings is 2. The van der Waals surface area contributed by atoms with Crippen LogP contribution >= 0.6 is 0 Å². The zero-order valence-electron chi connectivity index (χ0n) is 17.1. The Kier molecular flexibility index (Phi) is 6.65. The lowest BCUT2D eigenvalue weighted by molar-refractivity contribution is -0.132. The smallest absolute Gasteiger partial charge is 0.223 e. The second-order valence-corrected chi connectivity index (χ2v) is 8.43. The van der Waals surface area contributed by atoms with Crippen molar-refractivity contribution in [2.45, 2.75) is 44.9 Å². The van der Waals surface area contributed by atoms with Crippen molar-refractivity contribution in [3.8, 4) is 11.3 Å². The molecule has 0 N–H and O–H groups in total. The quantitative estimate of drug-likeness (QED) is 0.705. The third-order valence-corrected chi connectivity index (χ3v) is 6.32. The van der Waals surface area contributed by atoms with E-state index in [1.54, 1.807) is 24.3 Å². The number of likely N-dealkylation sites (tertiary alicyclic amines) is 2. The summed E-state index contributed by atoms with van der Waals surface area (Å²) in [6.45, 7) is 5.44. The molecule has 1 amide bonds. The molecule has 1 aromatic carbocycles. The van der Waals surface area contributed by atoms with Crippen molar-refractivity contribution < 1.29 is 13.6 Å². The Balaban J connectivity index is 1.22. The van der Waals surface area contributed by atoms with E-state index in [1.165, 1.54) is 45.0 Å². The Labute approximate surface area is 172 Å². The second-order valence-electron chi connectivity index (χ2n) is 8.43. The lowest BCUT2D eigenvalue weighted by Gasteiger charge is -2.36. The number of nitrogens with zero attached hydrogens (tertiary/aromatic N) is 2. The number of amides is 1. The minimum atomic E-state index is -0.295. The highest BCUT2D eigenvalue weighted by Gasteiger charge is 2.24. The molecule has 0 spiro atoms. The summed E-state index contributed by atoms with van der Waals surface area (Å²) in [5.74, 6) is 1.88. The molecule has 0 radical (unpaired) electrons. The molecule has 1 aromatic heterocycles. The van der Waals surface area contributed by atoms with Gasteiger partial charge in [0.1, 0.15) is 17.3 Å². The van der Waals surface area contributed by atoms with E-state index in [1.807, 2.05) is 11.0 Å². The van der Waals surface area contributed by atoms with Crippen molar-refractivity contribution in [1.82, 2.24) is 9.80 Å². The number of carbonyl (C=O) groups is 1. The maximum absolute atomic E-state index is 13.9. The number of hydrogen-bond donors (Lipinski definition) is 0. The van der Waals surface area contributed by atoms with Crippen molar-refractivity contribution in [3.63, 3.8) is 0 Å². The molecule has 29 heavy (non-hydrogen) atoms. The summed E-state index contributed by atoms with van der Waals surface area (Å²) in [5, 5.41) is 0. The van der Waals surface area contributed by atoms with Crippen LogP contribution in [0, 0.1) is 11.7 Å². The molecular formula is C24H31FN2O2. The van der Waals surface area contributed by atoms with Gasteiger partial charge in [-0.05, 0) is 69.0 Å². The molecular weight excluding hydrogens is 367 g/mol. The lowest BCUT2D eigenvalue weighted by atomic mass is 9.95. The van der Waals surface area contributed by atoms with E-state index in [0.717, 1.165) is 37.6 Å². The van der Waals surface area contributed by atoms with Crippen molar-refractivity contribution in [2.24, 2.45) is 5.92 Å². The Bertz CT molecular complexity index is 805. The molecule has 2 aliphatic heterocycles. The molecule has 0 bridgehead atoms. The summed E-state index contributed by atoms with van der Waals surface area (Å²) >= 11 is 0. The highest BCUT2D eigenvalue weighted by molar-refractivity contribution is 5.76. The molecule has 0 atom stereocenters. The lowest BCUT2D eigenvalue weighted by Crippen LogP contribution is -2.42. The van der Waals surface area contributed by atoms with Gasteiger partial charge in [0.05, 0.1) is 5.56 Å². The van der Waals surface area contributed by atoms with Crippen LogP contribution in [0.25, 0.3) is 11.3 Å². The first-order chi connectivity index (χ1) is 14.2. The zero-order valence-corrected chi connectivity index (χ0v) is 17.1. The second kappa shape index (κ2) is 9.57. The fourth-order valence-corrected chi connectivity index (χ4v) is 4.58. The van der Waals surface area contributed by atoms with Gasteiger partial charge in [-0.1, -0.05) is 18.6 Å². The SMILES string of the molecule is O=C(CCc1ccc(-c2ccccc2F)o1)N1CCC(CN2CCCCC2)CC1. The molecule has 2 saturated heterocycles. The standard InChI is InChI=1S/C24H31FN2O2/c25-22-7-3-2-6-21(22)23-10-8-20(29-23)9-11-24(28)27-16-12-19(13-17-27)18-26-14-4-1-5-15-26/h2-3,6-8,10,19H,1,4-5,9,11-18H2. The van der Waals surface area contributed by atoms with Crippen LogP contribution in [0.3, 0.4) is 0 Å². The number of carbonyl (C=O) groups excluding carboxylic acids is 1. The largest absolute Gasteiger partial charge is 0.461 e. The van der Waals surface area contributed by atoms with Crippen LogP contribution in [-0.4, -0.2) is 48.4 Å². The van der Waals surface area contributed by atoms with E-state index in [2.05, 4.69) is 4.90 Å². The first-order valence-electron chi connectivity index (χ1n) is 11.0. The summed E-state index contributed by atoms with van der Waals surface area (Å²) in [4.78, 5) is 17.2. The number of aryl methyl sites for hydroxylation is 1. The fourth-order valence-electron chi connectivity index (χ4n) is 4.58. The fraction of sp³-hybridized carbons (Fsp3) is 0.542. The van der Waals surface area contributed by atoms with Crippen LogP contribution in [0.4, 0.5) is 4.39 Å². The van der Waals surface area contributed by atoms with Gasteiger partial charge in [0.25, 0.3) is 0 Å². The van der Waals surface area contributed by atoms with Crippen molar-refractivity contribution in [3.05, 3.63) is 48.0 Å². The minimum absolute atomic E-state index is 0.199. The zero-order chi connectivity index (χ0) is 20.1. The van der Waals surface area contributed by atoms with Crippen LogP contribution in [-0.2, 0) is 11.2 Å². The van der Waals surface area contributed by atoms with Crippen molar-refractivity contribution in [1.29, 1.82) is 0 Å². The predicted molar refractivity (Wildman–Crippen MR) is 112 cm³/mol. The Morgan fingerprint density at radius 2 is 1.76 bits per heavy atom. The third kappa shape index (κ3) is 5.27. The normalized spacial score (nSPS) is 18.9. The van der Waals surface area contributed by atoms with E-state index in [9.17, 15) is 9.18 Å². The van der Waals surface area contributed by atoms with Gasteiger partial charge in [-0.25, -0.2) is 4.39 Å². The van der Waals surface area contributed by atoms with Gasteiger partial charge in [0.15, 0.2) is 0 Å². The number of furan rings is 1. The number of hydrogen-bond acceptors (Lipinski definition) is 3. The van der Waals surface area contributed by atoms with Crippen LogP contribution in [0.5, 0.6) is 0 Å². The van der Waals surface area contributed by atoms with Crippen LogP contribution < -0.4 is 0 Å². The number of rotatable bonds is 6. The van der Waals surface area contributed by atoms with Gasteiger partial charge in [-0.15, -0.1) is 0 Å². The Morgan fingerprint density at radius 3 is 2.52 bits per heavy atom. The predicted octanol–water partition coefficient (Wildman–Crippen LogP) is 4.74. The average Bonchev–Trinajstić information content (AvgIpc) is 3.22. The summed E-state index contributed by atoms with van der Waals surface area (Å²) in [6.07, 6.45) is 7.27. The summed E-state index contributed by atoms with van der Waals surface area (Å²) in [6, 6.07) is 10.2. The first-order valence-corrected chi connectivity index (χ1v) is 11.0. The topological polar surface area (TPSA) is 36.7 Å². The Hall–Kier alpha value is -2.14. The van der Waals surface area contributed by atoms with Gasteiger partial charge in [0.2, 0.25) is 5.91 Å². The molecule has 3 heterocycles. The highest BCUT2D eigenvalue weighted by atomic mass is 19.1. The molecule has 2 fully saturated rings. The van der Waals surface area contributed by atoms with Gasteiger partial charge in [-0.2, -0.15) is 0 Å². The van der Waals surface area contributed by atoms with Gasteiger partial charge in [0, 0.05) is 32.5 Å². The van der Waals surface area contributed by atoms with Crippen molar-refractivity contribution in [2.75, 3.05) is 32.7 Å². The monoisotopic (exact) mass is 398 g/mol. The van der Waals surface area contributed by atoms with Crippen LogP contribution in [0.2, 0.25) is 0 Å². The Morgan fingerprint density at radius 1 is 1.00 bits per heavy atom. The van der Waals surface area contributed by atoms with E-state index in [0.29, 0.717) is 24.2 Å². The summed E-state index contributed by atoms with van der Waals surface area (Å²) < 4.78 is 19.7. The van der Waals surface area contributed by atoms with Crippen molar-refractivity contribution >= 4 is 5.91 Å². The molecule has 2 aliphatic rings. The molecule has 0 saturated carbocycles. The van der Waals surface area contributed by atoms with Crippen LogP contribution in [0.1, 0.15) is 44.3 Å². The molecule has 4 nitrogen and oxygen atoms in total. The summed E-state index contributed by atoms with van der Waals surface area (Å²) in [7, 11) is 0. The number of benzene rings is 1. The summed E-state index contributed by atoms with van der Waals surface area (Å²) in [5.41, 5.74) is 0.459. The minimum Gasteiger partial charge on any atom is -0.461 e. The van der Waals surface area contributed by atoms with E-state index in [-0.39, 0.29) is 11.7 Å². The van der Waals surface area contributed by atoms with Gasteiger partial charge in [-0.3, -0.25) is 4.79 Å². The number of halogens is 1. The maximum atomic E-state index is 13.9. The van der Waals surface area contributed by atoms with Gasteiger partial charge < -0.3 is 14.2 Å². The molecule has 156 valence electrons. The maximum Gasteiger partial charge on any atom is 0.223 e. The first kappa shape index (κ1) is 20.1. The molecule has 2 aromatic rings.